The summed E-state index contributed by atoms with van der Waals surface area (Å²) >= 11 is 0. The van der Waals surface area contributed by atoms with Crippen molar-refractivity contribution in [2.45, 2.75) is 44.7 Å². The van der Waals surface area contributed by atoms with E-state index in [1.807, 2.05) is 12.1 Å². The minimum atomic E-state index is -0.317. The van der Waals surface area contributed by atoms with Gasteiger partial charge in [0.25, 0.3) is 0 Å². The van der Waals surface area contributed by atoms with Gasteiger partial charge in [-0.25, -0.2) is 4.79 Å². The molecule has 2 rings (SSSR count). The van der Waals surface area contributed by atoms with Crippen molar-refractivity contribution < 1.29 is 14.6 Å². The van der Waals surface area contributed by atoms with E-state index in [9.17, 15) is 9.90 Å². The molecule has 1 aliphatic carbocycles. The Balaban J connectivity index is 1.96. The van der Waals surface area contributed by atoms with Gasteiger partial charge < -0.3 is 15.2 Å². The van der Waals surface area contributed by atoms with Gasteiger partial charge in [0.1, 0.15) is 0 Å². The van der Waals surface area contributed by atoms with Gasteiger partial charge in [-0.3, -0.25) is 0 Å². The number of hydrogen-bond donors (Lipinski definition) is 2. The Labute approximate surface area is 126 Å². The lowest BCUT2D eigenvalue weighted by molar-refractivity contribution is 0.0600. The molecule has 1 aromatic rings. The van der Waals surface area contributed by atoms with E-state index in [0.29, 0.717) is 18.0 Å². The smallest absolute Gasteiger partial charge is 0.337 e. The van der Waals surface area contributed by atoms with Crippen molar-refractivity contribution >= 4 is 5.97 Å². The molecule has 1 aliphatic rings. The maximum atomic E-state index is 11.4. The number of aliphatic hydroxyl groups excluding tert-OH is 1. The number of ether oxygens (including phenoxy) is 1. The zero-order valence-electron chi connectivity index (χ0n) is 12.9. The van der Waals surface area contributed by atoms with Crippen LogP contribution in [0.15, 0.2) is 24.3 Å². The molecule has 4 nitrogen and oxygen atoms in total. The Hall–Kier alpha value is -1.39. The van der Waals surface area contributed by atoms with Crippen LogP contribution in [0.25, 0.3) is 0 Å². The fourth-order valence-corrected chi connectivity index (χ4v) is 3.19. The first-order chi connectivity index (χ1) is 10.1. The second-order valence-corrected chi connectivity index (χ2v) is 6.18. The Morgan fingerprint density at radius 1 is 1.43 bits per heavy atom. The van der Waals surface area contributed by atoms with E-state index in [1.165, 1.54) is 13.5 Å². The summed E-state index contributed by atoms with van der Waals surface area (Å²) < 4.78 is 4.69. The first-order valence-corrected chi connectivity index (χ1v) is 7.62. The zero-order valence-corrected chi connectivity index (χ0v) is 12.9. The third-order valence-corrected chi connectivity index (χ3v) is 4.44. The van der Waals surface area contributed by atoms with Crippen LogP contribution < -0.4 is 5.32 Å². The van der Waals surface area contributed by atoms with E-state index >= 15 is 0 Å². The van der Waals surface area contributed by atoms with Gasteiger partial charge in [0.05, 0.1) is 19.3 Å². The fraction of sp³-hybridized carbons (Fsp3) is 0.588. The van der Waals surface area contributed by atoms with Crippen LogP contribution in [0, 0.1) is 5.92 Å². The van der Waals surface area contributed by atoms with E-state index < -0.39 is 0 Å². The van der Waals surface area contributed by atoms with Gasteiger partial charge in [-0.2, -0.15) is 0 Å². The predicted octanol–water partition coefficient (Wildman–Crippen LogP) is 2.50. The second-order valence-electron chi connectivity index (χ2n) is 6.18. The van der Waals surface area contributed by atoms with Gasteiger partial charge in [-0.1, -0.05) is 31.9 Å². The van der Waals surface area contributed by atoms with Crippen LogP contribution in [-0.4, -0.2) is 30.3 Å². The minimum absolute atomic E-state index is 0.154. The summed E-state index contributed by atoms with van der Waals surface area (Å²) in [6.07, 6.45) is 4.45. The lowest BCUT2D eigenvalue weighted by atomic mass is 9.77. The highest BCUT2D eigenvalue weighted by molar-refractivity contribution is 5.89. The Morgan fingerprint density at radius 3 is 2.71 bits per heavy atom. The van der Waals surface area contributed by atoms with Gasteiger partial charge >= 0.3 is 5.97 Å². The molecule has 2 atom stereocenters. The van der Waals surface area contributed by atoms with E-state index in [4.69, 9.17) is 0 Å². The summed E-state index contributed by atoms with van der Waals surface area (Å²) in [5, 5.41) is 13.3. The van der Waals surface area contributed by atoms with Gasteiger partial charge in [0.2, 0.25) is 0 Å². The molecule has 0 spiro atoms. The van der Waals surface area contributed by atoms with Gasteiger partial charge in [-0.05, 0) is 36.5 Å². The number of methoxy groups -OCH3 is 1. The van der Waals surface area contributed by atoms with Crippen LogP contribution in [0.1, 0.15) is 48.5 Å². The highest BCUT2D eigenvalue weighted by Crippen LogP contribution is 2.32. The van der Waals surface area contributed by atoms with Crippen molar-refractivity contribution in [2.24, 2.45) is 5.92 Å². The molecule has 1 aromatic carbocycles. The first-order valence-electron chi connectivity index (χ1n) is 7.62. The quantitative estimate of drug-likeness (QED) is 0.818. The number of hydrogen-bond acceptors (Lipinski definition) is 4. The topological polar surface area (TPSA) is 58.6 Å². The summed E-state index contributed by atoms with van der Waals surface area (Å²) in [4.78, 5) is 11.4. The molecule has 1 saturated carbocycles. The summed E-state index contributed by atoms with van der Waals surface area (Å²) in [6, 6.07) is 7.41. The normalized spacial score (nSPS) is 25.6. The molecule has 2 unspecified atom stereocenters. The van der Waals surface area contributed by atoms with Crippen molar-refractivity contribution in [1.29, 1.82) is 0 Å². The van der Waals surface area contributed by atoms with E-state index in [-0.39, 0.29) is 18.1 Å². The summed E-state index contributed by atoms with van der Waals surface area (Å²) in [6.45, 7) is 3.13. The van der Waals surface area contributed by atoms with Crippen LogP contribution in [0.3, 0.4) is 0 Å². The molecule has 2 N–H and O–H groups in total. The zero-order chi connectivity index (χ0) is 15.3. The number of aliphatic hydroxyl groups is 1. The number of benzene rings is 1. The minimum Gasteiger partial charge on any atom is -0.465 e. The third kappa shape index (κ3) is 4.05. The molecule has 0 aliphatic heterocycles. The molecular formula is C17H25NO3. The van der Waals surface area contributed by atoms with E-state index in [1.54, 1.807) is 12.1 Å². The molecule has 1 fully saturated rings. The van der Waals surface area contributed by atoms with E-state index in [0.717, 1.165) is 24.8 Å². The molecule has 0 radical (unpaired) electrons. The van der Waals surface area contributed by atoms with E-state index in [2.05, 4.69) is 17.0 Å². The summed E-state index contributed by atoms with van der Waals surface area (Å²) in [5.74, 6) is 0.336. The van der Waals surface area contributed by atoms with Gasteiger partial charge in [0, 0.05) is 12.1 Å². The van der Waals surface area contributed by atoms with Crippen molar-refractivity contribution in [3.05, 3.63) is 35.4 Å². The number of rotatable bonds is 5. The second kappa shape index (κ2) is 7.05. The Kier molecular flexibility index (Phi) is 5.37. The SMILES string of the molecule is COC(=O)c1ccc(CNC2(CO)CCCC(C)C2)cc1. The molecule has 116 valence electrons. The lowest BCUT2D eigenvalue weighted by Gasteiger charge is -2.39. The monoisotopic (exact) mass is 291 g/mol. The van der Waals surface area contributed by atoms with Crippen LogP contribution in [0.4, 0.5) is 0 Å². The lowest BCUT2D eigenvalue weighted by Crippen LogP contribution is -2.51. The van der Waals surface area contributed by atoms with Crippen LogP contribution in [-0.2, 0) is 11.3 Å². The van der Waals surface area contributed by atoms with Crippen LogP contribution in [0.5, 0.6) is 0 Å². The standard InChI is InChI=1S/C17H25NO3/c1-13-4-3-9-17(10-13,12-19)18-11-14-5-7-15(8-6-14)16(20)21-2/h5-8,13,18-19H,3-4,9-12H2,1-2H3. The Morgan fingerprint density at radius 2 is 2.14 bits per heavy atom. The first kappa shape index (κ1) is 16.0. The molecular weight excluding hydrogens is 266 g/mol. The summed E-state index contributed by atoms with van der Waals surface area (Å²) in [5.41, 5.74) is 1.51. The highest BCUT2D eigenvalue weighted by atomic mass is 16.5. The molecule has 0 amide bonds. The van der Waals surface area contributed by atoms with Crippen molar-refractivity contribution in [1.82, 2.24) is 5.32 Å². The molecule has 0 heterocycles. The molecule has 21 heavy (non-hydrogen) atoms. The molecule has 0 saturated heterocycles. The number of carbonyl (C=O) groups excluding carboxylic acids is 1. The van der Waals surface area contributed by atoms with Gasteiger partial charge in [0.15, 0.2) is 0 Å². The molecule has 0 aromatic heterocycles. The predicted molar refractivity (Wildman–Crippen MR) is 82.1 cm³/mol. The average Bonchev–Trinajstić information content (AvgIpc) is 2.53. The highest BCUT2D eigenvalue weighted by Gasteiger charge is 2.33. The number of carbonyl (C=O) groups is 1. The number of nitrogens with one attached hydrogen (secondary N) is 1. The number of esters is 1. The third-order valence-electron chi connectivity index (χ3n) is 4.44. The summed E-state index contributed by atoms with van der Waals surface area (Å²) in [7, 11) is 1.38. The van der Waals surface area contributed by atoms with Gasteiger partial charge in [-0.15, -0.1) is 0 Å². The fourth-order valence-electron chi connectivity index (χ4n) is 3.19. The Bertz CT molecular complexity index is 471. The van der Waals surface area contributed by atoms with Crippen molar-refractivity contribution in [2.75, 3.05) is 13.7 Å². The largest absolute Gasteiger partial charge is 0.465 e. The average molecular weight is 291 g/mol. The molecule has 4 heteroatoms. The maximum Gasteiger partial charge on any atom is 0.337 e. The molecule has 0 bridgehead atoms. The van der Waals surface area contributed by atoms with Crippen molar-refractivity contribution in [3.63, 3.8) is 0 Å². The van der Waals surface area contributed by atoms with Crippen LogP contribution >= 0.6 is 0 Å². The van der Waals surface area contributed by atoms with Crippen LogP contribution in [0.2, 0.25) is 0 Å². The van der Waals surface area contributed by atoms with Crippen molar-refractivity contribution in [3.8, 4) is 0 Å². The maximum absolute atomic E-state index is 11.4.